The molecule has 0 saturated heterocycles. The van der Waals surface area contributed by atoms with Crippen molar-refractivity contribution < 1.29 is 4.74 Å². The molecular formula is C25H21N5O. The average Bonchev–Trinajstić information content (AvgIpc) is 3.18. The molecule has 5 rings (SSSR count). The number of ether oxygens (including phenoxy) is 1. The minimum absolute atomic E-state index is 0.366. The van der Waals surface area contributed by atoms with Crippen molar-refractivity contribution in [3.05, 3.63) is 84.4 Å². The molecule has 2 heterocycles. The fourth-order valence-electron chi connectivity index (χ4n) is 3.77. The van der Waals surface area contributed by atoms with Crippen LogP contribution in [0, 0.1) is 6.92 Å². The average molecular weight is 407 g/mol. The lowest BCUT2D eigenvalue weighted by Crippen LogP contribution is -1.99. The Kier molecular flexibility index (Phi) is 4.52. The molecule has 0 unspecified atom stereocenters. The Morgan fingerprint density at radius 1 is 0.774 bits per heavy atom. The topological polar surface area (TPSA) is 103 Å². The molecule has 6 nitrogen and oxygen atoms in total. The van der Waals surface area contributed by atoms with Gasteiger partial charge >= 0.3 is 0 Å². The van der Waals surface area contributed by atoms with Crippen molar-refractivity contribution >= 4 is 22.5 Å². The molecule has 0 spiro atoms. The predicted molar refractivity (Wildman–Crippen MR) is 125 cm³/mol. The quantitative estimate of drug-likeness (QED) is 0.362. The number of aryl methyl sites for hydroxylation is 1. The molecule has 0 aliphatic rings. The number of nitrogen functional groups attached to an aromatic ring is 2. The SMILES string of the molecule is Cc1ccccc1-c1nc(N)c2[nH]nc(N)c2c1-c1ccc(Oc2ccccc2)cc1. The fraction of sp³-hybridized carbons (Fsp3) is 0.0400. The van der Waals surface area contributed by atoms with Crippen LogP contribution >= 0.6 is 0 Å². The van der Waals surface area contributed by atoms with Crippen LogP contribution in [0.4, 0.5) is 11.6 Å². The number of hydrogen-bond donors (Lipinski definition) is 3. The zero-order chi connectivity index (χ0) is 21.4. The maximum Gasteiger partial charge on any atom is 0.153 e. The van der Waals surface area contributed by atoms with Crippen LogP contribution in [0.3, 0.4) is 0 Å². The predicted octanol–water partition coefficient (Wildman–Crippen LogP) is 5.56. The van der Waals surface area contributed by atoms with Gasteiger partial charge in [-0.25, -0.2) is 4.98 Å². The lowest BCUT2D eigenvalue weighted by Gasteiger charge is -2.15. The van der Waals surface area contributed by atoms with E-state index < -0.39 is 0 Å². The van der Waals surface area contributed by atoms with Gasteiger partial charge in [0, 0.05) is 11.1 Å². The Morgan fingerprint density at radius 3 is 2.19 bits per heavy atom. The van der Waals surface area contributed by atoms with Gasteiger partial charge in [0.05, 0.1) is 11.1 Å². The first-order valence-corrected chi connectivity index (χ1v) is 9.94. The number of H-pyrrole nitrogens is 1. The molecule has 0 atom stereocenters. The third-order valence-electron chi connectivity index (χ3n) is 5.29. The highest BCUT2D eigenvalue weighted by Crippen LogP contribution is 2.41. The van der Waals surface area contributed by atoms with E-state index in [-0.39, 0.29) is 0 Å². The van der Waals surface area contributed by atoms with Crippen LogP contribution in [0.2, 0.25) is 0 Å². The van der Waals surface area contributed by atoms with Gasteiger partial charge in [-0.3, -0.25) is 5.10 Å². The first-order valence-electron chi connectivity index (χ1n) is 9.94. The molecule has 0 amide bonds. The molecular weight excluding hydrogens is 386 g/mol. The molecule has 31 heavy (non-hydrogen) atoms. The van der Waals surface area contributed by atoms with E-state index in [1.54, 1.807) is 0 Å². The van der Waals surface area contributed by atoms with Crippen molar-refractivity contribution in [2.75, 3.05) is 11.5 Å². The highest BCUT2D eigenvalue weighted by molar-refractivity contribution is 6.10. The standard InChI is InChI=1S/C25H21N5O/c1-15-7-5-6-10-19(15)22-20(21-23(25(27)28-22)29-30-24(21)26)16-11-13-18(14-12-16)31-17-8-3-2-4-9-17/h2-14H,1H3,(H2,27,28)(H3,26,29,30). The fourth-order valence-corrected chi connectivity index (χ4v) is 3.77. The summed E-state index contributed by atoms with van der Waals surface area (Å²) in [6.07, 6.45) is 0. The summed E-state index contributed by atoms with van der Waals surface area (Å²) in [5.41, 5.74) is 17.8. The summed E-state index contributed by atoms with van der Waals surface area (Å²) < 4.78 is 5.94. The highest BCUT2D eigenvalue weighted by Gasteiger charge is 2.21. The molecule has 0 saturated carbocycles. The van der Waals surface area contributed by atoms with Gasteiger partial charge in [-0.2, -0.15) is 5.10 Å². The number of hydrogen-bond acceptors (Lipinski definition) is 5. The number of rotatable bonds is 4. The second-order valence-electron chi connectivity index (χ2n) is 7.33. The van der Waals surface area contributed by atoms with Crippen molar-refractivity contribution in [3.63, 3.8) is 0 Å². The summed E-state index contributed by atoms with van der Waals surface area (Å²) in [6, 6.07) is 25.6. The van der Waals surface area contributed by atoms with Gasteiger partial charge in [-0.05, 0) is 42.3 Å². The number of anilines is 2. The Hall–Kier alpha value is -4.32. The van der Waals surface area contributed by atoms with Gasteiger partial charge in [0.1, 0.15) is 22.8 Å². The number of benzene rings is 3. The van der Waals surface area contributed by atoms with Gasteiger partial charge in [-0.15, -0.1) is 0 Å². The van der Waals surface area contributed by atoms with E-state index in [0.717, 1.165) is 44.8 Å². The first-order chi connectivity index (χ1) is 15.1. The van der Waals surface area contributed by atoms with Crippen LogP contribution in [0.5, 0.6) is 11.5 Å². The van der Waals surface area contributed by atoms with Crippen LogP contribution in [-0.4, -0.2) is 15.2 Å². The molecule has 6 heteroatoms. The summed E-state index contributed by atoms with van der Waals surface area (Å²) in [6.45, 7) is 2.05. The number of nitrogens with one attached hydrogen (secondary N) is 1. The normalized spacial score (nSPS) is 11.0. The lowest BCUT2D eigenvalue weighted by molar-refractivity contribution is 0.483. The van der Waals surface area contributed by atoms with E-state index in [0.29, 0.717) is 17.2 Å². The third-order valence-corrected chi connectivity index (χ3v) is 5.29. The summed E-state index contributed by atoms with van der Waals surface area (Å²) in [4.78, 5) is 4.73. The van der Waals surface area contributed by atoms with Crippen LogP contribution < -0.4 is 16.2 Å². The van der Waals surface area contributed by atoms with Crippen LogP contribution in [-0.2, 0) is 0 Å². The number of fused-ring (bicyclic) bond motifs is 1. The maximum atomic E-state index is 6.26. The van der Waals surface area contributed by atoms with Gasteiger partial charge < -0.3 is 16.2 Å². The highest BCUT2D eigenvalue weighted by atomic mass is 16.5. The van der Waals surface area contributed by atoms with Crippen LogP contribution in [0.25, 0.3) is 33.3 Å². The van der Waals surface area contributed by atoms with Gasteiger partial charge in [0.15, 0.2) is 5.82 Å². The number of aromatic nitrogens is 3. The molecule has 0 aliphatic carbocycles. The van der Waals surface area contributed by atoms with Gasteiger partial charge in [-0.1, -0.05) is 54.6 Å². The molecule has 0 fully saturated rings. The van der Waals surface area contributed by atoms with E-state index in [1.165, 1.54) is 0 Å². The molecule has 5 N–H and O–H groups in total. The van der Waals surface area contributed by atoms with E-state index in [9.17, 15) is 0 Å². The second kappa shape index (κ2) is 7.50. The Labute approximate surface area is 179 Å². The zero-order valence-electron chi connectivity index (χ0n) is 17.0. The summed E-state index contributed by atoms with van der Waals surface area (Å²) in [5, 5.41) is 7.86. The zero-order valence-corrected chi connectivity index (χ0v) is 17.0. The largest absolute Gasteiger partial charge is 0.457 e. The lowest BCUT2D eigenvalue weighted by atomic mass is 9.93. The summed E-state index contributed by atoms with van der Waals surface area (Å²) >= 11 is 0. The first kappa shape index (κ1) is 18.7. The van der Waals surface area contributed by atoms with Crippen LogP contribution in [0.15, 0.2) is 78.9 Å². The second-order valence-corrected chi connectivity index (χ2v) is 7.33. The van der Waals surface area contributed by atoms with Crippen molar-refractivity contribution in [1.82, 2.24) is 15.2 Å². The van der Waals surface area contributed by atoms with E-state index in [4.69, 9.17) is 21.2 Å². The van der Waals surface area contributed by atoms with Crippen molar-refractivity contribution in [3.8, 4) is 33.9 Å². The summed E-state index contributed by atoms with van der Waals surface area (Å²) in [5.74, 6) is 2.28. The molecule has 0 radical (unpaired) electrons. The molecule has 2 aromatic heterocycles. The number of nitrogens with two attached hydrogens (primary N) is 2. The Bertz CT molecular complexity index is 1370. The summed E-state index contributed by atoms with van der Waals surface area (Å²) in [7, 11) is 0. The molecule has 0 bridgehead atoms. The van der Waals surface area contributed by atoms with E-state index >= 15 is 0 Å². The molecule has 152 valence electrons. The van der Waals surface area contributed by atoms with Gasteiger partial charge in [0.25, 0.3) is 0 Å². The minimum atomic E-state index is 0.366. The third kappa shape index (κ3) is 3.34. The Balaban J connectivity index is 1.68. The van der Waals surface area contributed by atoms with Crippen LogP contribution in [0.1, 0.15) is 5.56 Å². The van der Waals surface area contributed by atoms with E-state index in [2.05, 4.69) is 23.2 Å². The molecule has 0 aliphatic heterocycles. The Morgan fingerprint density at radius 2 is 1.45 bits per heavy atom. The number of pyridine rings is 1. The molecule has 3 aromatic carbocycles. The minimum Gasteiger partial charge on any atom is -0.457 e. The molecule has 5 aromatic rings. The number of aromatic amines is 1. The van der Waals surface area contributed by atoms with E-state index in [1.807, 2.05) is 72.8 Å². The number of nitrogens with zero attached hydrogens (tertiary/aromatic N) is 2. The van der Waals surface area contributed by atoms with Crippen molar-refractivity contribution in [2.45, 2.75) is 6.92 Å². The van der Waals surface area contributed by atoms with Crippen molar-refractivity contribution in [1.29, 1.82) is 0 Å². The van der Waals surface area contributed by atoms with Crippen molar-refractivity contribution in [2.24, 2.45) is 0 Å². The number of para-hydroxylation sites is 1. The smallest absolute Gasteiger partial charge is 0.153 e. The maximum absolute atomic E-state index is 6.26. The van der Waals surface area contributed by atoms with Gasteiger partial charge in [0.2, 0.25) is 0 Å². The monoisotopic (exact) mass is 407 g/mol.